The first-order chi connectivity index (χ1) is 5.38. The third kappa shape index (κ3) is 1.84. The van der Waals surface area contributed by atoms with E-state index in [1.165, 1.54) is 0 Å². The van der Waals surface area contributed by atoms with E-state index in [0.717, 1.165) is 5.39 Å². The van der Waals surface area contributed by atoms with Crippen LogP contribution >= 0.6 is 0 Å². The summed E-state index contributed by atoms with van der Waals surface area (Å²) in [4.78, 5) is 2.91. The van der Waals surface area contributed by atoms with Crippen LogP contribution < -0.4 is 10.1 Å². The average Bonchev–Trinajstić information content (AvgIpc) is 2.06. The number of rotatable bonds is 0. The molecule has 0 radical (unpaired) electrons. The predicted molar refractivity (Wildman–Crippen MR) is 45.7 cm³/mol. The molecule has 1 N–H and O–H groups in total. The molecule has 1 aromatic heterocycles. The van der Waals surface area contributed by atoms with E-state index in [4.69, 9.17) is 0 Å². The molecule has 0 fully saturated rings. The van der Waals surface area contributed by atoms with Crippen LogP contribution in [-0.4, -0.2) is 48.9 Å². The fourth-order valence-corrected chi connectivity index (χ4v) is 1.12. The van der Waals surface area contributed by atoms with Crippen LogP contribution in [0, 0.1) is 0 Å². The molecule has 3 heteroatoms. The van der Waals surface area contributed by atoms with Crippen molar-refractivity contribution in [3.8, 4) is 5.75 Å². The van der Waals surface area contributed by atoms with Gasteiger partial charge in [-0.15, -0.1) is 0 Å². The Morgan fingerprint density at radius 3 is 2.58 bits per heavy atom. The summed E-state index contributed by atoms with van der Waals surface area (Å²) in [5.74, 6) is 0.0445. The van der Waals surface area contributed by atoms with Crippen molar-refractivity contribution in [2.45, 2.75) is 0 Å². The molecule has 0 aliphatic carbocycles. The van der Waals surface area contributed by atoms with Crippen molar-refractivity contribution in [2.75, 3.05) is 0 Å². The summed E-state index contributed by atoms with van der Waals surface area (Å²) in [7, 11) is 0. The third-order valence-corrected chi connectivity index (χ3v) is 1.66. The van der Waals surface area contributed by atoms with Gasteiger partial charge >= 0.3 is 48.9 Å². The number of aromatic amines is 1. The predicted octanol–water partition coefficient (Wildman–Crippen LogP) is 0.347. The molecule has 0 unspecified atom stereocenters. The fraction of sp³-hybridized carbons (Fsp3) is 0. The summed E-state index contributed by atoms with van der Waals surface area (Å²) in [6.07, 6.45) is 1.75. The van der Waals surface area contributed by atoms with Gasteiger partial charge in [0.05, 0.1) is 0 Å². The minimum Gasteiger partial charge on any atom is -0.868 e. The SMILES string of the molecule is [Ba+2].[O-]c1cccc2ccc[nH+]c12. The number of hydrogen-bond donors (Lipinski definition) is 0. The number of hydrogen-bond acceptors (Lipinski definition) is 1. The Kier molecular flexibility index (Phi) is 3.61. The summed E-state index contributed by atoms with van der Waals surface area (Å²) < 4.78 is 0. The number of para-hydroxylation sites is 1. The number of pyridine rings is 1. The van der Waals surface area contributed by atoms with Crippen LogP contribution in [0.1, 0.15) is 0 Å². The summed E-state index contributed by atoms with van der Waals surface area (Å²) in [5.41, 5.74) is 0.676. The Morgan fingerprint density at radius 2 is 1.83 bits per heavy atom. The molecule has 1 heterocycles. The van der Waals surface area contributed by atoms with Gasteiger partial charge in [0.2, 0.25) is 5.52 Å². The van der Waals surface area contributed by atoms with Crippen molar-refractivity contribution in [1.29, 1.82) is 0 Å². The maximum absolute atomic E-state index is 11.1. The van der Waals surface area contributed by atoms with Gasteiger partial charge in [0.25, 0.3) is 0 Å². The molecule has 0 bridgehead atoms. The Labute approximate surface area is 111 Å². The van der Waals surface area contributed by atoms with Crippen LogP contribution in [0.15, 0.2) is 36.5 Å². The van der Waals surface area contributed by atoms with Gasteiger partial charge in [-0.3, -0.25) is 0 Å². The molecule has 0 saturated carbocycles. The van der Waals surface area contributed by atoms with E-state index < -0.39 is 0 Å². The zero-order chi connectivity index (χ0) is 7.68. The Hall–Kier alpha value is 0.00143. The van der Waals surface area contributed by atoms with Crippen molar-refractivity contribution >= 4 is 59.8 Å². The Bertz CT molecular complexity index is 384. The second kappa shape index (κ2) is 4.30. The summed E-state index contributed by atoms with van der Waals surface area (Å²) in [6, 6.07) is 9.01. The van der Waals surface area contributed by atoms with Crippen LogP contribution in [0.25, 0.3) is 10.9 Å². The summed E-state index contributed by atoms with van der Waals surface area (Å²) >= 11 is 0. The molecule has 1 aromatic carbocycles. The van der Waals surface area contributed by atoms with Gasteiger partial charge in [-0.2, -0.15) is 0 Å². The molecule has 0 aliphatic rings. The molecular formula is C9H7BaNO+2. The van der Waals surface area contributed by atoms with E-state index in [1.54, 1.807) is 18.3 Å². The van der Waals surface area contributed by atoms with Crippen molar-refractivity contribution in [3.05, 3.63) is 36.5 Å². The van der Waals surface area contributed by atoms with E-state index in [2.05, 4.69) is 4.98 Å². The van der Waals surface area contributed by atoms with Crippen molar-refractivity contribution in [3.63, 3.8) is 0 Å². The molecule has 0 amide bonds. The molecule has 54 valence electrons. The normalized spacial score (nSPS) is 9.33. The Balaban J connectivity index is 0.000000720. The van der Waals surface area contributed by atoms with Crippen LogP contribution in [-0.2, 0) is 0 Å². The first kappa shape index (κ1) is 10.1. The first-order valence-electron chi connectivity index (χ1n) is 3.44. The number of fused-ring (bicyclic) bond motifs is 1. The number of benzene rings is 1. The van der Waals surface area contributed by atoms with Crippen LogP contribution in [0.4, 0.5) is 0 Å². The fourth-order valence-electron chi connectivity index (χ4n) is 1.12. The number of H-pyrrole nitrogens is 1. The molecule has 2 rings (SSSR count). The van der Waals surface area contributed by atoms with Crippen molar-refractivity contribution in [1.82, 2.24) is 0 Å². The second-order valence-corrected chi connectivity index (χ2v) is 2.39. The monoisotopic (exact) mass is 283 g/mol. The molecule has 0 saturated heterocycles. The van der Waals surface area contributed by atoms with Crippen LogP contribution in [0.5, 0.6) is 5.75 Å². The molecular weight excluding hydrogens is 275 g/mol. The van der Waals surface area contributed by atoms with Gasteiger partial charge in [-0.25, -0.2) is 4.98 Å². The number of nitrogens with one attached hydrogen (secondary N) is 1. The van der Waals surface area contributed by atoms with E-state index in [9.17, 15) is 5.11 Å². The molecule has 0 spiro atoms. The minimum atomic E-state index is 0. The zero-order valence-corrected chi connectivity index (χ0v) is 11.0. The molecule has 0 aliphatic heterocycles. The van der Waals surface area contributed by atoms with E-state index in [1.807, 2.05) is 18.2 Å². The zero-order valence-electron chi connectivity index (χ0n) is 6.58. The van der Waals surface area contributed by atoms with Crippen molar-refractivity contribution in [2.24, 2.45) is 0 Å². The molecule has 2 nitrogen and oxygen atoms in total. The van der Waals surface area contributed by atoms with E-state index in [0.29, 0.717) is 5.52 Å². The van der Waals surface area contributed by atoms with Gasteiger partial charge in [-0.05, 0) is 17.9 Å². The largest absolute Gasteiger partial charge is 2.00 e. The summed E-state index contributed by atoms with van der Waals surface area (Å²) in [5, 5.41) is 12.1. The minimum absolute atomic E-state index is 0. The standard InChI is InChI=1S/C9H7NO.Ba/c11-8-5-1-3-7-4-2-6-10-9(7)8;/h1-6,11H;/q;+2. The van der Waals surface area contributed by atoms with Gasteiger partial charge < -0.3 is 5.11 Å². The molecule has 12 heavy (non-hydrogen) atoms. The third-order valence-electron chi connectivity index (χ3n) is 1.66. The Morgan fingerprint density at radius 1 is 1.08 bits per heavy atom. The first-order valence-corrected chi connectivity index (χ1v) is 3.44. The van der Waals surface area contributed by atoms with Crippen molar-refractivity contribution < 1.29 is 10.1 Å². The maximum Gasteiger partial charge on any atom is 2.00 e. The summed E-state index contributed by atoms with van der Waals surface area (Å²) in [6.45, 7) is 0. The second-order valence-electron chi connectivity index (χ2n) is 2.39. The maximum atomic E-state index is 11.1. The number of aromatic nitrogens is 1. The molecule has 2 aromatic rings. The van der Waals surface area contributed by atoms with E-state index in [-0.39, 0.29) is 54.6 Å². The van der Waals surface area contributed by atoms with Gasteiger partial charge in [0, 0.05) is 11.5 Å². The van der Waals surface area contributed by atoms with Gasteiger partial charge in [-0.1, -0.05) is 12.1 Å². The van der Waals surface area contributed by atoms with E-state index >= 15 is 0 Å². The quantitative estimate of drug-likeness (QED) is 0.642. The molecule has 0 atom stereocenters. The van der Waals surface area contributed by atoms with Gasteiger partial charge in [0.1, 0.15) is 0 Å². The topological polar surface area (TPSA) is 37.2 Å². The van der Waals surface area contributed by atoms with Gasteiger partial charge in [0.15, 0.2) is 6.20 Å². The van der Waals surface area contributed by atoms with Crippen LogP contribution in [0.2, 0.25) is 0 Å². The smallest absolute Gasteiger partial charge is 0.868 e. The average molecular weight is 282 g/mol. The van der Waals surface area contributed by atoms with Crippen LogP contribution in [0.3, 0.4) is 0 Å².